The van der Waals surface area contributed by atoms with Crippen molar-refractivity contribution in [2.45, 2.75) is 25.8 Å². The summed E-state index contributed by atoms with van der Waals surface area (Å²) in [5.41, 5.74) is 0.700. The predicted molar refractivity (Wildman–Crippen MR) is 112 cm³/mol. The largest absolute Gasteiger partial charge is 0.368 e. The van der Waals surface area contributed by atoms with Gasteiger partial charge >= 0.3 is 0 Å². The zero-order valence-corrected chi connectivity index (χ0v) is 17.3. The molecule has 1 saturated heterocycles. The molecule has 0 aliphatic carbocycles. The highest BCUT2D eigenvalue weighted by molar-refractivity contribution is 6.30. The molecule has 0 radical (unpaired) electrons. The van der Waals surface area contributed by atoms with E-state index in [0.29, 0.717) is 41.1 Å². The number of nitrogens with one attached hydrogen (secondary N) is 1. The number of piperidine rings is 1. The Bertz CT molecular complexity index is 1010. The molecule has 30 heavy (non-hydrogen) atoms. The maximum atomic E-state index is 13.9. The molecule has 0 bridgehead atoms. The van der Waals surface area contributed by atoms with E-state index in [-0.39, 0.29) is 11.9 Å². The molecule has 1 aliphatic rings. The summed E-state index contributed by atoms with van der Waals surface area (Å²) in [4.78, 5) is 20.9. The van der Waals surface area contributed by atoms with Gasteiger partial charge in [0.25, 0.3) is 5.91 Å². The molecule has 9 heteroatoms. The van der Waals surface area contributed by atoms with Crippen LogP contribution in [0.4, 0.5) is 10.2 Å². The highest BCUT2D eigenvalue weighted by atomic mass is 35.5. The smallest absolute Gasteiger partial charge is 0.256 e. The molecule has 1 N–H and O–H groups in total. The lowest BCUT2D eigenvalue weighted by molar-refractivity contribution is 0.0539. The minimum Gasteiger partial charge on any atom is -0.368 e. The Labute approximate surface area is 178 Å². The number of carbonyl (C=O) groups is 1. The molecule has 1 amide bonds. The van der Waals surface area contributed by atoms with Crippen LogP contribution in [0.5, 0.6) is 0 Å². The van der Waals surface area contributed by atoms with Gasteiger partial charge in [-0.1, -0.05) is 18.5 Å². The van der Waals surface area contributed by atoms with Gasteiger partial charge in [0.2, 0.25) is 0 Å². The van der Waals surface area contributed by atoms with E-state index in [1.165, 1.54) is 35.4 Å². The fourth-order valence-electron chi connectivity index (χ4n) is 3.85. The second kappa shape index (κ2) is 8.79. The molecule has 0 unspecified atom stereocenters. The van der Waals surface area contributed by atoms with Crippen molar-refractivity contribution in [1.82, 2.24) is 24.9 Å². The third-order valence-corrected chi connectivity index (χ3v) is 5.64. The maximum Gasteiger partial charge on any atom is 0.256 e. The molecule has 3 aromatic rings. The molecular weight excluding hydrogens is 407 g/mol. The number of pyridine rings is 1. The van der Waals surface area contributed by atoms with Crippen molar-refractivity contribution >= 4 is 23.3 Å². The number of hydrogen-bond donors (Lipinski definition) is 1. The highest BCUT2D eigenvalue weighted by Gasteiger charge is 2.33. The van der Waals surface area contributed by atoms with Crippen LogP contribution in [0.2, 0.25) is 5.02 Å². The van der Waals surface area contributed by atoms with Crippen LogP contribution in [0.15, 0.2) is 48.9 Å². The third-order valence-electron chi connectivity index (χ3n) is 5.42. The molecule has 1 aromatic carbocycles. The van der Waals surface area contributed by atoms with Gasteiger partial charge < -0.3 is 10.2 Å². The van der Waals surface area contributed by atoms with Gasteiger partial charge in [0.15, 0.2) is 0 Å². The number of carbonyl (C=O) groups excluding carboxylic acids is 1. The summed E-state index contributed by atoms with van der Waals surface area (Å²) < 4.78 is 13.9. The zero-order valence-electron chi connectivity index (χ0n) is 16.5. The van der Waals surface area contributed by atoms with Crippen LogP contribution in [0.1, 0.15) is 30.1 Å². The molecule has 3 heterocycles. The Morgan fingerprint density at radius 3 is 2.80 bits per heavy atom. The monoisotopic (exact) mass is 428 g/mol. The highest BCUT2D eigenvalue weighted by Crippen LogP contribution is 2.27. The SMILES string of the molecule is C[C@@H]1CCCN(C(=O)c2ccc(F)cc2-n2nccn2)[C@@H]1CNc1ccc(Cl)cn1. The van der Waals surface area contributed by atoms with Gasteiger partial charge in [0, 0.05) is 25.4 Å². The van der Waals surface area contributed by atoms with E-state index in [1.54, 1.807) is 12.3 Å². The number of halogens is 2. The molecule has 7 nitrogen and oxygen atoms in total. The standard InChI is InChI=1S/C21H22ClFN6O/c1-14-3-2-10-28(19(14)13-25-20-7-4-15(22)12-24-20)21(30)17-6-5-16(23)11-18(17)29-26-8-9-27-29/h4-9,11-12,14,19H,2-3,10,13H2,1H3,(H,24,25)/t14-,19-/m1/s1. The molecule has 2 aromatic heterocycles. The first-order chi connectivity index (χ1) is 14.5. The number of amides is 1. The minimum atomic E-state index is -0.446. The summed E-state index contributed by atoms with van der Waals surface area (Å²) in [6.07, 6.45) is 6.52. The average molecular weight is 429 g/mol. The Hall–Kier alpha value is -3.00. The van der Waals surface area contributed by atoms with Crippen molar-refractivity contribution in [1.29, 1.82) is 0 Å². The van der Waals surface area contributed by atoms with Crippen molar-refractivity contribution < 1.29 is 9.18 Å². The van der Waals surface area contributed by atoms with Gasteiger partial charge in [0.05, 0.1) is 29.0 Å². The van der Waals surface area contributed by atoms with Gasteiger partial charge in [0.1, 0.15) is 17.3 Å². The van der Waals surface area contributed by atoms with Crippen molar-refractivity contribution in [2.75, 3.05) is 18.4 Å². The minimum absolute atomic E-state index is 0.0350. The van der Waals surface area contributed by atoms with E-state index in [4.69, 9.17) is 11.6 Å². The molecule has 1 fully saturated rings. The van der Waals surface area contributed by atoms with Gasteiger partial charge in [-0.15, -0.1) is 0 Å². The number of nitrogens with zero attached hydrogens (tertiary/aromatic N) is 5. The second-order valence-corrected chi connectivity index (χ2v) is 7.84. The van der Waals surface area contributed by atoms with Crippen LogP contribution in [-0.2, 0) is 0 Å². The van der Waals surface area contributed by atoms with Crippen LogP contribution in [-0.4, -0.2) is 49.9 Å². The average Bonchev–Trinajstić information content (AvgIpc) is 3.28. The lowest BCUT2D eigenvalue weighted by Crippen LogP contribution is -2.51. The van der Waals surface area contributed by atoms with E-state index >= 15 is 0 Å². The maximum absolute atomic E-state index is 13.9. The van der Waals surface area contributed by atoms with Crippen molar-refractivity contribution in [2.24, 2.45) is 5.92 Å². The van der Waals surface area contributed by atoms with Gasteiger partial charge in [-0.3, -0.25) is 4.79 Å². The van der Waals surface area contributed by atoms with Crippen LogP contribution < -0.4 is 5.32 Å². The zero-order chi connectivity index (χ0) is 21.1. The van der Waals surface area contributed by atoms with E-state index < -0.39 is 5.82 Å². The van der Waals surface area contributed by atoms with E-state index in [2.05, 4.69) is 27.4 Å². The number of benzene rings is 1. The predicted octanol–water partition coefficient (Wildman–Crippen LogP) is 3.81. The molecule has 1 aliphatic heterocycles. The van der Waals surface area contributed by atoms with Gasteiger partial charge in [-0.2, -0.15) is 15.0 Å². The Kier molecular flexibility index (Phi) is 5.94. The van der Waals surface area contributed by atoms with Crippen molar-refractivity contribution in [3.05, 3.63) is 65.3 Å². The quantitative estimate of drug-likeness (QED) is 0.668. The van der Waals surface area contributed by atoms with Gasteiger partial charge in [-0.25, -0.2) is 9.37 Å². The van der Waals surface area contributed by atoms with E-state index in [9.17, 15) is 9.18 Å². The molecule has 0 spiro atoms. The van der Waals surface area contributed by atoms with Crippen LogP contribution in [0.3, 0.4) is 0 Å². The Morgan fingerprint density at radius 1 is 1.27 bits per heavy atom. The Morgan fingerprint density at radius 2 is 2.07 bits per heavy atom. The topological polar surface area (TPSA) is 75.9 Å². The number of likely N-dealkylation sites (tertiary alicyclic amines) is 1. The molecule has 156 valence electrons. The first-order valence-corrected chi connectivity index (χ1v) is 10.2. The molecule has 2 atom stereocenters. The summed E-state index contributed by atoms with van der Waals surface area (Å²) in [5, 5.41) is 12.0. The fraction of sp³-hybridized carbons (Fsp3) is 0.333. The van der Waals surface area contributed by atoms with Crippen LogP contribution >= 0.6 is 11.6 Å². The number of hydrogen-bond acceptors (Lipinski definition) is 5. The van der Waals surface area contributed by atoms with Crippen LogP contribution in [0.25, 0.3) is 5.69 Å². The number of rotatable bonds is 5. The van der Waals surface area contributed by atoms with Crippen molar-refractivity contribution in [3.8, 4) is 5.69 Å². The fourth-order valence-corrected chi connectivity index (χ4v) is 3.96. The third kappa shape index (κ3) is 4.28. The van der Waals surface area contributed by atoms with E-state index in [0.717, 1.165) is 12.8 Å². The number of anilines is 1. The van der Waals surface area contributed by atoms with Crippen molar-refractivity contribution in [3.63, 3.8) is 0 Å². The molecular formula is C21H22ClFN6O. The lowest BCUT2D eigenvalue weighted by Gasteiger charge is -2.40. The summed E-state index contributed by atoms with van der Waals surface area (Å²) >= 11 is 5.90. The summed E-state index contributed by atoms with van der Waals surface area (Å²) in [6, 6.07) is 7.62. The lowest BCUT2D eigenvalue weighted by atomic mass is 9.90. The summed E-state index contributed by atoms with van der Waals surface area (Å²) in [7, 11) is 0. The van der Waals surface area contributed by atoms with Gasteiger partial charge in [-0.05, 0) is 43.0 Å². The summed E-state index contributed by atoms with van der Waals surface area (Å²) in [6.45, 7) is 3.33. The van der Waals surface area contributed by atoms with E-state index in [1.807, 2.05) is 11.0 Å². The first kappa shape index (κ1) is 20.3. The molecule has 0 saturated carbocycles. The Balaban J connectivity index is 1.59. The summed E-state index contributed by atoms with van der Waals surface area (Å²) in [5.74, 6) is 0.393. The first-order valence-electron chi connectivity index (χ1n) is 9.85. The molecule has 4 rings (SSSR count). The normalized spacial score (nSPS) is 19.0. The number of aromatic nitrogens is 4. The second-order valence-electron chi connectivity index (χ2n) is 7.41. The van der Waals surface area contributed by atoms with Crippen LogP contribution in [0, 0.1) is 11.7 Å².